The minimum Gasteiger partial charge on any atom is -0.378 e. The molecule has 1 N–H and O–H groups in total. The predicted molar refractivity (Wildman–Crippen MR) is 92.5 cm³/mol. The Morgan fingerprint density at radius 1 is 1.14 bits per heavy atom. The van der Waals surface area contributed by atoms with Crippen molar-refractivity contribution in [2.45, 2.75) is 26.3 Å². The van der Waals surface area contributed by atoms with E-state index in [1.54, 1.807) is 0 Å². The summed E-state index contributed by atoms with van der Waals surface area (Å²) >= 11 is 0. The molecule has 0 aliphatic rings. The summed E-state index contributed by atoms with van der Waals surface area (Å²) < 4.78 is 0. The summed E-state index contributed by atoms with van der Waals surface area (Å²) in [5.74, 6) is -0.0456. The predicted octanol–water partition coefficient (Wildman–Crippen LogP) is 3.81. The summed E-state index contributed by atoms with van der Waals surface area (Å²) in [7, 11) is 3.93. The average Bonchev–Trinajstić information content (AvgIpc) is 2.54. The van der Waals surface area contributed by atoms with Crippen molar-refractivity contribution in [3.63, 3.8) is 0 Å². The summed E-state index contributed by atoms with van der Waals surface area (Å²) in [6.45, 7) is 4.15. The molecule has 0 radical (unpaired) electrons. The lowest BCUT2D eigenvalue weighted by molar-refractivity contribution is 0.0940. The standard InChI is InChI=1S/C19H24N2O/c1-5-15-9-11-16(12-10-15)14(2)20-19(22)17-7-6-8-18(13-17)21(3)4/h6-14H,5H2,1-4H3,(H,20,22). The van der Waals surface area contributed by atoms with Crippen molar-refractivity contribution in [2.75, 3.05) is 19.0 Å². The Hall–Kier alpha value is -2.29. The molecule has 0 fully saturated rings. The first kappa shape index (κ1) is 16.1. The SMILES string of the molecule is CCc1ccc(C(C)NC(=O)c2cccc(N(C)C)c2)cc1. The first-order chi connectivity index (χ1) is 10.5. The van der Waals surface area contributed by atoms with Crippen molar-refractivity contribution in [2.24, 2.45) is 0 Å². The number of amides is 1. The van der Waals surface area contributed by atoms with Crippen LogP contribution in [-0.2, 0) is 6.42 Å². The molecule has 22 heavy (non-hydrogen) atoms. The summed E-state index contributed by atoms with van der Waals surface area (Å²) in [4.78, 5) is 14.4. The lowest BCUT2D eigenvalue weighted by atomic mass is 10.0. The molecule has 0 aliphatic heterocycles. The van der Waals surface area contributed by atoms with Gasteiger partial charge in [0.1, 0.15) is 0 Å². The third-order valence-corrected chi connectivity index (χ3v) is 3.86. The zero-order chi connectivity index (χ0) is 16.1. The van der Waals surface area contributed by atoms with Crippen molar-refractivity contribution in [1.29, 1.82) is 0 Å². The maximum Gasteiger partial charge on any atom is 0.251 e. The van der Waals surface area contributed by atoms with Crippen LogP contribution < -0.4 is 10.2 Å². The molecule has 1 unspecified atom stereocenters. The highest BCUT2D eigenvalue weighted by atomic mass is 16.1. The van der Waals surface area contributed by atoms with E-state index in [1.165, 1.54) is 5.56 Å². The van der Waals surface area contributed by atoms with Gasteiger partial charge in [0.2, 0.25) is 0 Å². The molecule has 0 bridgehead atoms. The Bertz CT molecular complexity index is 632. The smallest absolute Gasteiger partial charge is 0.251 e. The van der Waals surface area contributed by atoms with Gasteiger partial charge in [0.05, 0.1) is 6.04 Å². The van der Waals surface area contributed by atoms with Gasteiger partial charge in [-0.2, -0.15) is 0 Å². The van der Waals surface area contributed by atoms with Crippen LogP contribution in [0.3, 0.4) is 0 Å². The van der Waals surface area contributed by atoms with Crippen LogP contribution in [0.1, 0.15) is 41.4 Å². The Balaban J connectivity index is 2.08. The van der Waals surface area contributed by atoms with E-state index in [0.29, 0.717) is 5.56 Å². The molecule has 0 saturated heterocycles. The van der Waals surface area contributed by atoms with Gasteiger partial charge in [-0.3, -0.25) is 4.79 Å². The quantitative estimate of drug-likeness (QED) is 0.910. The molecule has 0 spiro atoms. The molecule has 2 aromatic carbocycles. The molecule has 0 aliphatic carbocycles. The second-order valence-electron chi connectivity index (χ2n) is 5.74. The number of nitrogens with zero attached hydrogens (tertiary/aromatic N) is 1. The fourth-order valence-electron chi connectivity index (χ4n) is 2.33. The molecule has 2 aromatic rings. The van der Waals surface area contributed by atoms with E-state index in [-0.39, 0.29) is 11.9 Å². The van der Waals surface area contributed by atoms with Gasteiger partial charge in [0.25, 0.3) is 5.91 Å². The highest BCUT2D eigenvalue weighted by Gasteiger charge is 2.12. The summed E-state index contributed by atoms with van der Waals surface area (Å²) in [6, 6.07) is 16.0. The number of benzene rings is 2. The van der Waals surface area contributed by atoms with Crippen LogP contribution in [0.25, 0.3) is 0 Å². The Morgan fingerprint density at radius 2 is 1.82 bits per heavy atom. The number of anilines is 1. The number of carbonyl (C=O) groups is 1. The number of carbonyl (C=O) groups excluding carboxylic acids is 1. The van der Waals surface area contributed by atoms with E-state index < -0.39 is 0 Å². The minimum absolute atomic E-state index is 0.0126. The van der Waals surface area contributed by atoms with Crippen molar-refractivity contribution in [3.8, 4) is 0 Å². The van der Waals surface area contributed by atoms with Gasteiger partial charge < -0.3 is 10.2 Å². The maximum absolute atomic E-state index is 12.4. The van der Waals surface area contributed by atoms with Gasteiger partial charge in [-0.15, -0.1) is 0 Å². The van der Waals surface area contributed by atoms with Gasteiger partial charge in [0.15, 0.2) is 0 Å². The van der Waals surface area contributed by atoms with Crippen LogP contribution in [-0.4, -0.2) is 20.0 Å². The summed E-state index contributed by atoms with van der Waals surface area (Å²) in [5, 5.41) is 3.06. The average molecular weight is 296 g/mol. The van der Waals surface area contributed by atoms with E-state index in [4.69, 9.17) is 0 Å². The van der Waals surface area contributed by atoms with Crippen LogP contribution in [0.5, 0.6) is 0 Å². The number of aryl methyl sites for hydroxylation is 1. The third kappa shape index (κ3) is 3.88. The Morgan fingerprint density at radius 3 is 2.41 bits per heavy atom. The molecule has 0 saturated carbocycles. The Labute approximate surface area is 133 Å². The fourth-order valence-corrected chi connectivity index (χ4v) is 2.33. The molecule has 1 atom stereocenters. The zero-order valence-corrected chi connectivity index (χ0v) is 13.8. The normalized spacial score (nSPS) is 11.8. The maximum atomic E-state index is 12.4. The molecular formula is C19H24N2O. The summed E-state index contributed by atoms with van der Waals surface area (Å²) in [5.41, 5.74) is 4.13. The lowest BCUT2D eigenvalue weighted by Crippen LogP contribution is -2.26. The first-order valence-electron chi connectivity index (χ1n) is 7.68. The summed E-state index contributed by atoms with van der Waals surface area (Å²) in [6.07, 6.45) is 1.03. The third-order valence-electron chi connectivity index (χ3n) is 3.86. The number of hydrogen-bond acceptors (Lipinski definition) is 2. The van der Waals surface area contributed by atoms with Crippen molar-refractivity contribution >= 4 is 11.6 Å². The van der Waals surface area contributed by atoms with Gasteiger partial charge >= 0.3 is 0 Å². The van der Waals surface area contributed by atoms with Crippen LogP contribution >= 0.6 is 0 Å². The lowest BCUT2D eigenvalue weighted by Gasteiger charge is -2.17. The monoisotopic (exact) mass is 296 g/mol. The second kappa shape index (κ2) is 7.12. The largest absolute Gasteiger partial charge is 0.378 e. The topological polar surface area (TPSA) is 32.3 Å². The number of nitrogens with one attached hydrogen (secondary N) is 1. The zero-order valence-electron chi connectivity index (χ0n) is 13.8. The first-order valence-corrected chi connectivity index (χ1v) is 7.68. The minimum atomic E-state index is -0.0456. The molecule has 0 aromatic heterocycles. The molecule has 0 heterocycles. The molecule has 3 heteroatoms. The van der Waals surface area contributed by atoms with Crippen molar-refractivity contribution in [1.82, 2.24) is 5.32 Å². The second-order valence-corrected chi connectivity index (χ2v) is 5.74. The van der Waals surface area contributed by atoms with E-state index in [0.717, 1.165) is 17.7 Å². The van der Waals surface area contributed by atoms with Crippen molar-refractivity contribution < 1.29 is 4.79 Å². The molecule has 3 nitrogen and oxygen atoms in total. The van der Waals surface area contributed by atoms with Crippen LogP contribution in [0.15, 0.2) is 48.5 Å². The number of hydrogen-bond donors (Lipinski definition) is 1. The van der Waals surface area contributed by atoms with Crippen LogP contribution in [0.2, 0.25) is 0 Å². The van der Waals surface area contributed by atoms with Crippen LogP contribution in [0, 0.1) is 0 Å². The molecule has 1 amide bonds. The van der Waals surface area contributed by atoms with Gasteiger partial charge in [0, 0.05) is 25.3 Å². The molecule has 116 valence electrons. The van der Waals surface area contributed by atoms with E-state index in [9.17, 15) is 4.79 Å². The number of rotatable bonds is 5. The van der Waals surface area contributed by atoms with E-state index in [1.807, 2.05) is 50.2 Å². The van der Waals surface area contributed by atoms with Gasteiger partial charge in [-0.1, -0.05) is 37.3 Å². The van der Waals surface area contributed by atoms with E-state index >= 15 is 0 Å². The van der Waals surface area contributed by atoms with Crippen LogP contribution in [0.4, 0.5) is 5.69 Å². The van der Waals surface area contributed by atoms with Gasteiger partial charge in [-0.25, -0.2) is 0 Å². The Kier molecular flexibility index (Phi) is 5.21. The highest BCUT2D eigenvalue weighted by molar-refractivity contribution is 5.95. The van der Waals surface area contributed by atoms with E-state index in [2.05, 4.69) is 36.5 Å². The molecule has 2 rings (SSSR count). The molecular weight excluding hydrogens is 272 g/mol. The highest BCUT2D eigenvalue weighted by Crippen LogP contribution is 2.17. The van der Waals surface area contributed by atoms with Crippen molar-refractivity contribution in [3.05, 3.63) is 65.2 Å². The fraction of sp³-hybridized carbons (Fsp3) is 0.316. The van der Waals surface area contributed by atoms with Gasteiger partial charge in [-0.05, 0) is 42.7 Å².